The molecule has 0 aromatic heterocycles. The Hall–Kier alpha value is -1.30. The topological polar surface area (TPSA) is 41.1 Å². The Bertz CT molecular complexity index is 481. The second-order valence-corrected chi connectivity index (χ2v) is 6.33. The predicted molar refractivity (Wildman–Crippen MR) is 83.0 cm³/mol. The van der Waals surface area contributed by atoms with Gasteiger partial charge in [-0.2, -0.15) is 11.8 Å². The van der Waals surface area contributed by atoms with Crippen LogP contribution in [-0.2, 0) is 0 Å². The standard InChI is InChI=1S/C15H20F2N2OS/c1-2-5-18-14-12(16)8-10(9-13(14)17)15(20)19-11-3-6-21-7-4-11/h8-9,11,18H,2-7H2,1H3,(H,19,20). The molecule has 0 aliphatic carbocycles. The van der Waals surface area contributed by atoms with Crippen LogP contribution in [0.3, 0.4) is 0 Å². The van der Waals surface area contributed by atoms with E-state index in [-0.39, 0.29) is 17.3 Å². The van der Waals surface area contributed by atoms with Gasteiger partial charge in [0.2, 0.25) is 0 Å². The van der Waals surface area contributed by atoms with E-state index in [1.165, 1.54) is 0 Å². The second-order valence-electron chi connectivity index (χ2n) is 5.10. The highest BCUT2D eigenvalue weighted by Crippen LogP contribution is 2.22. The van der Waals surface area contributed by atoms with Gasteiger partial charge in [0.25, 0.3) is 5.91 Å². The molecule has 3 nitrogen and oxygen atoms in total. The zero-order valence-corrected chi connectivity index (χ0v) is 12.9. The molecule has 0 radical (unpaired) electrons. The van der Waals surface area contributed by atoms with Crippen molar-refractivity contribution in [1.82, 2.24) is 5.32 Å². The van der Waals surface area contributed by atoms with Crippen molar-refractivity contribution >= 4 is 23.4 Å². The number of hydrogen-bond acceptors (Lipinski definition) is 3. The molecule has 0 saturated carbocycles. The number of rotatable bonds is 5. The van der Waals surface area contributed by atoms with E-state index in [2.05, 4.69) is 10.6 Å². The highest BCUT2D eigenvalue weighted by molar-refractivity contribution is 7.99. The predicted octanol–water partition coefficient (Wildman–Crippen LogP) is 3.41. The SMILES string of the molecule is CCCNc1c(F)cc(C(=O)NC2CCSCC2)cc1F. The molecule has 116 valence electrons. The molecule has 1 heterocycles. The van der Waals surface area contributed by atoms with Gasteiger partial charge in [-0.3, -0.25) is 4.79 Å². The van der Waals surface area contributed by atoms with Gasteiger partial charge in [-0.25, -0.2) is 8.78 Å². The van der Waals surface area contributed by atoms with Gasteiger partial charge in [-0.05, 0) is 42.9 Å². The fourth-order valence-corrected chi connectivity index (χ4v) is 3.34. The third-order valence-electron chi connectivity index (χ3n) is 3.41. The number of thioether (sulfide) groups is 1. The lowest BCUT2D eigenvalue weighted by Gasteiger charge is -2.22. The van der Waals surface area contributed by atoms with E-state index in [9.17, 15) is 13.6 Å². The second kappa shape index (κ2) is 7.64. The van der Waals surface area contributed by atoms with Gasteiger partial charge in [0.15, 0.2) is 0 Å². The lowest BCUT2D eigenvalue weighted by atomic mass is 10.1. The first kappa shape index (κ1) is 16.1. The van der Waals surface area contributed by atoms with E-state index in [1.54, 1.807) is 0 Å². The summed E-state index contributed by atoms with van der Waals surface area (Å²) in [7, 11) is 0. The Morgan fingerprint density at radius 2 is 1.90 bits per heavy atom. The van der Waals surface area contributed by atoms with Crippen molar-refractivity contribution in [3.05, 3.63) is 29.3 Å². The molecule has 0 atom stereocenters. The zero-order valence-electron chi connectivity index (χ0n) is 12.0. The summed E-state index contributed by atoms with van der Waals surface area (Å²) in [6.07, 6.45) is 2.57. The maximum absolute atomic E-state index is 13.9. The van der Waals surface area contributed by atoms with Crippen LogP contribution in [0.1, 0.15) is 36.5 Å². The van der Waals surface area contributed by atoms with Crippen molar-refractivity contribution < 1.29 is 13.6 Å². The summed E-state index contributed by atoms with van der Waals surface area (Å²) < 4.78 is 27.8. The van der Waals surface area contributed by atoms with Gasteiger partial charge in [-0.15, -0.1) is 0 Å². The number of benzene rings is 1. The monoisotopic (exact) mass is 314 g/mol. The number of amides is 1. The first-order valence-corrected chi connectivity index (χ1v) is 8.38. The Kier molecular flexibility index (Phi) is 5.85. The molecule has 2 rings (SSSR count). The van der Waals surface area contributed by atoms with Crippen molar-refractivity contribution in [1.29, 1.82) is 0 Å². The Morgan fingerprint density at radius 3 is 2.48 bits per heavy atom. The van der Waals surface area contributed by atoms with Crippen LogP contribution in [0.5, 0.6) is 0 Å². The van der Waals surface area contributed by atoms with Gasteiger partial charge < -0.3 is 10.6 Å². The van der Waals surface area contributed by atoms with Crippen molar-refractivity contribution in [2.75, 3.05) is 23.4 Å². The first-order chi connectivity index (χ1) is 10.1. The number of hydrogen-bond donors (Lipinski definition) is 2. The summed E-state index contributed by atoms with van der Waals surface area (Å²) in [5.74, 6) is 0.147. The number of nitrogens with one attached hydrogen (secondary N) is 2. The maximum atomic E-state index is 13.9. The molecule has 0 unspecified atom stereocenters. The van der Waals surface area contributed by atoms with E-state index in [0.29, 0.717) is 6.54 Å². The number of carbonyl (C=O) groups is 1. The minimum atomic E-state index is -0.729. The highest BCUT2D eigenvalue weighted by atomic mass is 32.2. The fourth-order valence-electron chi connectivity index (χ4n) is 2.23. The normalized spacial score (nSPS) is 15.8. The summed E-state index contributed by atoms with van der Waals surface area (Å²) in [5.41, 5.74) is -0.132. The zero-order chi connectivity index (χ0) is 15.2. The van der Waals surface area contributed by atoms with E-state index in [4.69, 9.17) is 0 Å². The molecular formula is C15H20F2N2OS. The van der Waals surface area contributed by atoms with Crippen LogP contribution in [0.15, 0.2) is 12.1 Å². The minimum Gasteiger partial charge on any atom is -0.380 e. The van der Waals surface area contributed by atoms with Crippen LogP contribution in [0.25, 0.3) is 0 Å². The summed E-state index contributed by atoms with van der Waals surface area (Å²) in [4.78, 5) is 12.1. The smallest absolute Gasteiger partial charge is 0.251 e. The largest absolute Gasteiger partial charge is 0.380 e. The molecule has 0 bridgehead atoms. The number of carbonyl (C=O) groups excluding carboxylic acids is 1. The molecular weight excluding hydrogens is 294 g/mol. The quantitative estimate of drug-likeness (QED) is 0.875. The Labute approximate surface area is 127 Å². The molecule has 1 aliphatic heterocycles. The highest BCUT2D eigenvalue weighted by Gasteiger charge is 2.19. The minimum absolute atomic E-state index is 0.0327. The summed E-state index contributed by atoms with van der Waals surface area (Å²) in [6, 6.07) is 2.28. The van der Waals surface area contributed by atoms with Crippen LogP contribution in [-0.4, -0.2) is 30.0 Å². The van der Waals surface area contributed by atoms with Gasteiger partial charge >= 0.3 is 0 Å². The van der Waals surface area contributed by atoms with Crippen molar-refractivity contribution in [3.63, 3.8) is 0 Å². The Morgan fingerprint density at radius 1 is 1.29 bits per heavy atom. The van der Waals surface area contributed by atoms with Gasteiger partial charge in [-0.1, -0.05) is 6.92 Å². The van der Waals surface area contributed by atoms with Crippen molar-refractivity contribution in [3.8, 4) is 0 Å². The van der Waals surface area contributed by atoms with E-state index in [1.807, 2.05) is 18.7 Å². The van der Waals surface area contributed by atoms with E-state index in [0.717, 1.165) is 42.9 Å². The summed E-state index contributed by atoms with van der Waals surface area (Å²) >= 11 is 1.86. The van der Waals surface area contributed by atoms with Crippen molar-refractivity contribution in [2.45, 2.75) is 32.2 Å². The van der Waals surface area contributed by atoms with Gasteiger partial charge in [0, 0.05) is 18.2 Å². The third kappa shape index (κ3) is 4.33. The Balaban J connectivity index is 2.07. The van der Waals surface area contributed by atoms with E-state index < -0.39 is 17.5 Å². The molecule has 21 heavy (non-hydrogen) atoms. The summed E-state index contributed by atoms with van der Waals surface area (Å²) in [6.45, 7) is 2.40. The maximum Gasteiger partial charge on any atom is 0.251 e. The van der Waals surface area contributed by atoms with Crippen molar-refractivity contribution in [2.24, 2.45) is 0 Å². The molecule has 1 amide bonds. The van der Waals surface area contributed by atoms with Crippen LogP contribution in [0, 0.1) is 11.6 Å². The van der Waals surface area contributed by atoms with Crippen LogP contribution in [0.2, 0.25) is 0 Å². The van der Waals surface area contributed by atoms with Crippen LogP contribution < -0.4 is 10.6 Å². The average Bonchev–Trinajstić information content (AvgIpc) is 2.47. The molecule has 1 saturated heterocycles. The van der Waals surface area contributed by atoms with Crippen LogP contribution >= 0.6 is 11.8 Å². The van der Waals surface area contributed by atoms with Crippen LogP contribution in [0.4, 0.5) is 14.5 Å². The number of anilines is 1. The fraction of sp³-hybridized carbons (Fsp3) is 0.533. The third-order valence-corrected chi connectivity index (χ3v) is 4.46. The molecule has 1 fully saturated rings. The molecule has 1 aromatic carbocycles. The molecule has 0 spiro atoms. The lowest BCUT2D eigenvalue weighted by Crippen LogP contribution is -2.37. The van der Waals surface area contributed by atoms with E-state index >= 15 is 0 Å². The molecule has 1 aromatic rings. The number of halogens is 2. The van der Waals surface area contributed by atoms with Gasteiger partial charge in [0.1, 0.15) is 17.3 Å². The van der Waals surface area contributed by atoms with Gasteiger partial charge in [0.05, 0.1) is 0 Å². The molecule has 1 aliphatic rings. The first-order valence-electron chi connectivity index (χ1n) is 7.23. The average molecular weight is 314 g/mol. The molecule has 6 heteroatoms. The lowest BCUT2D eigenvalue weighted by molar-refractivity contribution is 0.0934. The molecule has 2 N–H and O–H groups in total. The summed E-state index contributed by atoms with van der Waals surface area (Å²) in [5, 5.41) is 5.54.